The maximum atomic E-state index is 10.5. The Morgan fingerprint density at radius 2 is 0.590 bits per heavy atom. The summed E-state index contributed by atoms with van der Waals surface area (Å²) in [6, 6.07) is 0. The lowest BCUT2D eigenvalue weighted by atomic mass is 10.0. The molecule has 0 aromatic carbocycles. The first-order chi connectivity index (χ1) is 19.0. The summed E-state index contributed by atoms with van der Waals surface area (Å²) in [6.07, 6.45) is 37.6. The van der Waals surface area contributed by atoms with Gasteiger partial charge in [-0.3, -0.25) is 9.59 Å². The minimum absolute atomic E-state index is 0.155. The predicted molar refractivity (Wildman–Crippen MR) is 175 cm³/mol. The van der Waals surface area contributed by atoms with E-state index in [1.165, 1.54) is 154 Å². The number of carbonyl (C=O) groups is 2. The van der Waals surface area contributed by atoms with Gasteiger partial charge in [0.05, 0.1) is 0 Å². The first kappa shape index (κ1) is 42.2. The van der Waals surface area contributed by atoms with Gasteiger partial charge in [0.1, 0.15) is 0 Å². The Bertz CT molecular complexity index is 439. The number of unbranched alkanes of at least 4 members (excludes halogenated alkanes) is 24. The molecule has 0 radical (unpaired) electrons. The van der Waals surface area contributed by atoms with Gasteiger partial charge in [-0.05, 0) is 19.8 Å². The van der Waals surface area contributed by atoms with E-state index in [-0.39, 0.29) is 11.8 Å². The molecule has 0 saturated carbocycles. The van der Waals surface area contributed by atoms with Gasteiger partial charge in [0.2, 0.25) is 11.8 Å². The number of primary amides is 2. The number of rotatable bonds is 28. The van der Waals surface area contributed by atoms with Crippen LogP contribution in [-0.4, -0.2) is 11.8 Å². The highest BCUT2D eigenvalue weighted by atomic mass is 16.1. The normalized spacial score (nSPS) is 10.2. The standard InChI is InChI=1S/2C16H33NO.C3H6/c2*1-2-3-4-5-6-7-8-9-10-11-12-13-14-15-16(17)18;1-3-2/h2*2-15H2,1H3,(H2,17,18);3H,1H2,2H3. The fourth-order valence-corrected chi connectivity index (χ4v) is 4.63. The number of hydrogen-bond donors (Lipinski definition) is 2. The van der Waals surface area contributed by atoms with Gasteiger partial charge in [0, 0.05) is 12.8 Å². The Morgan fingerprint density at radius 3 is 0.744 bits per heavy atom. The van der Waals surface area contributed by atoms with E-state index in [1.807, 2.05) is 6.92 Å². The molecule has 0 fully saturated rings. The van der Waals surface area contributed by atoms with Crippen LogP contribution >= 0.6 is 0 Å². The Hall–Kier alpha value is -1.32. The molecule has 0 heterocycles. The third-order valence-corrected chi connectivity index (χ3v) is 7.05. The van der Waals surface area contributed by atoms with E-state index in [9.17, 15) is 9.59 Å². The summed E-state index contributed by atoms with van der Waals surface area (Å²) in [7, 11) is 0. The summed E-state index contributed by atoms with van der Waals surface area (Å²) in [4.78, 5) is 21.0. The van der Waals surface area contributed by atoms with Gasteiger partial charge >= 0.3 is 0 Å². The molecule has 0 aromatic heterocycles. The Labute approximate surface area is 245 Å². The molecule has 0 atom stereocenters. The van der Waals surface area contributed by atoms with Crippen molar-refractivity contribution in [3.05, 3.63) is 12.7 Å². The second kappa shape index (κ2) is 41.2. The molecule has 0 rings (SSSR count). The second-order valence-electron chi connectivity index (χ2n) is 11.3. The lowest BCUT2D eigenvalue weighted by molar-refractivity contribution is -0.119. The molecule has 0 bridgehead atoms. The fraction of sp³-hybridized carbons (Fsp3) is 0.886. The molecule has 0 unspecified atom stereocenters. The first-order valence-corrected chi connectivity index (χ1v) is 17.1. The average molecular weight is 553 g/mol. The highest BCUT2D eigenvalue weighted by Crippen LogP contribution is 2.14. The molecule has 2 amide bonds. The van der Waals surface area contributed by atoms with Crippen molar-refractivity contribution in [1.29, 1.82) is 0 Å². The molecule has 4 nitrogen and oxygen atoms in total. The van der Waals surface area contributed by atoms with Crippen LogP contribution in [0.1, 0.15) is 201 Å². The molecular formula is C35H72N2O2. The van der Waals surface area contributed by atoms with Crippen LogP contribution < -0.4 is 11.5 Å². The fourth-order valence-electron chi connectivity index (χ4n) is 4.63. The van der Waals surface area contributed by atoms with E-state index < -0.39 is 0 Å². The number of allylic oxidation sites excluding steroid dienone is 1. The summed E-state index contributed by atoms with van der Waals surface area (Å²) >= 11 is 0. The lowest BCUT2D eigenvalue weighted by Crippen LogP contribution is -2.09. The summed E-state index contributed by atoms with van der Waals surface area (Å²) in [5.41, 5.74) is 10.2. The van der Waals surface area contributed by atoms with E-state index >= 15 is 0 Å². The zero-order valence-corrected chi connectivity index (χ0v) is 27.1. The minimum atomic E-state index is -0.155. The Kier molecular flexibility index (Phi) is 44.5. The number of nitrogens with two attached hydrogens (primary N) is 2. The van der Waals surface area contributed by atoms with Gasteiger partial charge in [-0.1, -0.05) is 174 Å². The van der Waals surface area contributed by atoms with Crippen LogP contribution in [0.3, 0.4) is 0 Å². The van der Waals surface area contributed by atoms with Crippen molar-refractivity contribution in [3.63, 3.8) is 0 Å². The summed E-state index contributed by atoms with van der Waals surface area (Å²) < 4.78 is 0. The van der Waals surface area contributed by atoms with Crippen LogP contribution in [0.2, 0.25) is 0 Å². The SMILES string of the molecule is C=CC.CCCCCCCCCCCCCCCC(N)=O.CCCCCCCCCCCCCCCC(N)=O. The van der Waals surface area contributed by atoms with Crippen molar-refractivity contribution < 1.29 is 9.59 Å². The molecule has 0 saturated heterocycles. The van der Waals surface area contributed by atoms with E-state index in [0.717, 1.165) is 12.8 Å². The Balaban J connectivity index is -0.000000603. The predicted octanol–water partition coefficient (Wildman–Crippen LogP) is 11.1. The van der Waals surface area contributed by atoms with Gasteiger partial charge in [-0.2, -0.15) is 0 Å². The lowest BCUT2D eigenvalue weighted by Gasteiger charge is -2.02. The smallest absolute Gasteiger partial charge is 0.217 e. The van der Waals surface area contributed by atoms with Crippen LogP contribution in [0.4, 0.5) is 0 Å². The molecule has 0 aliphatic rings. The molecule has 39 heavy (non-hydrogen) atoms. The van der Waals surface area contributed by atoms with Crippen LogP contribution in [0.5, 0.6) is 0 Å². The minimum Gasteiger partial charge on any atom is -0.370 e. The quantitative estimate of drug-likeness (QED) is 0.0746. The number of amides is 2. The Morgan fingerprint density at radius 1 is 0.436 bits per heavy atom. The van der Waals surface area contributed by atoms with Gasteiger partial charge in [0.15, 0.2) is 0 Å². The van der Waals surface area contributed by atoms with Crippen molar-refractivity contribution in [2.75, 3.05) is 0 Å². The van der Waals surface area contributed by atoms with Crippen molar-refractivity contribution in [1.82, 2.24) is 0 Å². The number of carbonyl (C=O) groups excluding carboxylic acids is 2. The van der Waals surface area contributed by atoms with Crippen molar-refractivity contribution in [2.45, 2.75) is 201 Å². The van der Waals surface area contributed by atoms with Crippen molar-refractivity contribution in [2.24, 2.45) is 11.5 Å². The van der Waals surface area contributed by atoms with Crippen LogP contribution in [-0.2, 0) is 9.59 Å². The molecule has 0 aliphatic heterocycles. The van der Waals surface area contributed by atoms with Gasteiger partial charge in [-0.25, -0.2) is 0 Å². The molecule has 0 aliphatic carbocycles. The number of hydrogen-bond acceptors (Lipinski definition) is 2. The topological polar surface area (TPSA) is 86.2 Å². The maximum absolute atomic E-state index is 10.5. The monoisotopic (exact) mass is 553 g/mol. The highest BCUT2D eigenvalue weighted by Gasteiger charge is 1.97. The average Bonchev–Trinajstić information content (AvgIpc) is 2.90. The van der Waals surface area contributed by atoms with Gasteiger partial charge in [0.25, 0.3) is 0 Å². The molecule has 0 aromatic rings. The zero-order valence-electron chi connectivity index (χ0n) is 27.1. The largest absolute Gasteiger partial charge is 0.370 e. The van der Waals surface area contributed by atoms with Crippen molar-refractivity contribution >= 4 is 11.8 Å². The van der Waals surface area contributed by atoms with E-state index in [2.05, 4.69) is 20.4 Å². The third kappa shape index (κ3) is 53.6. The third-order valence-electron chi connectivity index (χ3n) is 7.05. The summed E-state index contributed by atoms with van der Waals surface area (Å²) in [5.74, 6) is -0.309. The van der Waals surface area contributed by atoms with Gasteiger partial charge in [-0.15, -0.1) is 6.58 Å². The van der Waals surface area contributed by atoms with Crippen LogP contribution in [0, 0.1) is 0 Å². The van der Waals surface area contributed by atoms with Crippen LogP contribution in [0.25, 0.3) is 0 Å². The van der Waals surface area contributed by atoms with Crippen molar-refractivity contribution in [3.8, 4) is 0 Å². The summed E-state index contributed by atoms with van der Waals surface area (Å²) in [6.45, 7) is 9.78. The van der Waals surface area contributed by atoms with E-state index in [4.69, 9.17) is 11.5 Å². The summed E-state index contributed by atoms with van der Waals surface area (Å²) in [5, 5.41) is 0. The second-order valence-corrected chi connectivity index (χ2v) is 11.3. The van der Waals surface area contributed by atoms with E-state index in [1.54, 1.807) is 6.08 Å². The molecule has 234 valence electrons. The van der Waals surface area contributed by atoms with Gasteiger partial charge < -0.3 is 11.5 Å². The zero-order chi connectivity index (χ0) is 29.7. The molecule has 4 heteroatoms. The van der Waals surface area contributed by atoms with E-state index in [0.29, 0.717) is 12.8 Å². The maximum Gasteiger partial charge on any atom is 0.217 e. The molecular weight excluding hydrogens is 480 g/mol. The molecule has 4 N–H and O–H groups in total. The van der Waals surface area contributed by atoms with Crippen LogP contribution in [0.15, 0.2) is 12.7 Å². The first-order valence-electron chi connectivity index (χ1n) is 17.1. The molecule has 0 spiro atoms. The highest BCUT2D eigenvalue weighted by molar-refractivity contribution is 5.73.